The first-order valence-corrected chi connectivity index (χ1v) is 10.9. The molecule has 0 radical (unpaired) electrons. The predicted octanol–water partition coefficient (Wildman–Crippen LogP) is 2.97. The molecule has 3 rings (SSSR count). The molecule has 0 spiro atoms. The lowest BCUT2D eigenvalue weighted by Crippen LogP contribution is -2.37. The van der Waals surface area contributed by atoms with E-state index in [4.69, 9.17) is 9.15 Å². The number of benzene rings is 2. The standard InChI is InChI=1S/C22H22N2O6S/c1-16(21(25)24(2)18-9-4-3-5-10-18)30-22(26)17-8-6-12-20(14-17)31(27,28)23-15-19-11-7-13-29-19/h3-14,16,23H,15H2,1-2H3. The van der Waals surface area contributed by atoms with Gasteiger partial charge < -0.3 is 14.1 Å². The first-order chi connectivity index (χ1) is 14.8. The van der Waals surface area contributed by atoms with Crippen molar-refractivity contribution in [2.24, 2.45) is 0 Å². The molecule has 31 heavy (non-hydrogen) atoms. The Balaban J connectivity index is 1.67. The van der Waals surface area contributed by atoms with Crippen molar-refractivity contribution >= 4 is 27.6 Å². The number of nitrogens with zero attached hydrogens (tertiary/aromatic N) is 1. The molecule has 162 valence electrons. The zero-order valence-corrected chi connectivity index (χ0v) is 17.8. The summed E-state index contributed by atoms with van der Waals surface area (Å²) in [4.78, 5) is 26.4. The topological polar surface area (TPSA) is 106 Å². The van der Waals surface area contributed by atoms with Gasteiger partial charge in [0.05, 0.1) is 23.3 Å². The van der Waals surface area contributed by atoms with Gasteiger partial charge in [0, 0.05) is 12.7 Å². The van der Waals surface area contributed by atoms with Crippen molar-refractivity contribution in [3.63, 3.8) is 0 Å². The van der Waals surface area contributed by atoms with Crippen LogP contribution in [0.5, 0.6) is 0 Å². The second-order valence-electron chi connectivity index (χ2n) is 6.71. The predicted molar refractivity (Wildman–Crippen MR) is 114 cm³/mol. The van der Waals surface area contributed by atoms with Gasteiger partial charge in [-0.15, -0.1) is 0 Å². The molecule has 1 amide bonds. The molecule has 1 atom stereocenters. The zero-order chi connectivity index (χ0) is 22.4. The van der Waals surface area contributed by atoms with Gasteiger partial charge in [0.15, 0.2) is 6.10 Å². The third-order valence-electron chi connectivity index (χ3n) is 4.50. The quantitative estimate of drug-likeness (QED) is 0.538. The van der Waals surface area contributed by atoms with Crippen molar-refractivity contribution in [3.05, 3.63) is 84.3 Å². The largest absolute Gasteiger partial charge is 0.468 e. The smallest absolute Gasteiger partial charge is 0.338 e. The lowest BCUT2D eigenvalue weighted by molar-refractivity contribution is -0.126. The molecule has 0 saturated heterocycles. The van der Waals surface area contributed by atoms with E-state index in [0.29, 0.717) is 11.4 Å². The molecule has 0 saturated carbocycles. The number of sulfonamides is 1. The molecule has 0 bridgehead atoms. The van der Waals surface area contributed by atoms with Crippen LogP contribution < -0.4 is 9.62 Å². The summed E-state index contributed by atoms with van der Waals surface area (Å²) in [6, 6.07) is 17.6. The summed E-state index contributed by atoms with van der Waals surface area (Å²) < 4.78 is 37.8. The van der Waals surface area contributed by atoms with E-state index in [2.05, 4.69) is 4.72 Å². The molecule has 8 nitrogen and oxygen atoms in total. The average Bonchev–Trinajstić information content (AvgIpc) is 3.31. The van der Waals surface area contributed by atoms with Crippen LogP contribution in [-0.4, -0.2) is 33.4 Å². The number of rotatable bonds is 8. The number of carbonyl (C=O) groups is 2. The molecule has 1 N–H and O–H groups in total. The van der Waals surface area contributed by atoms with Crippen molar-refractivity contribution in [2.75, 3.05) is 11.9 Å². The Morgan fingerprint density at radius 1 is 1.06 bits per heavy atom. The summed E-state index contributed by atoms with van der Waals surface area (Å²) >= 11 is 0. The number of anilines is 1. The number of hydrogen-bond donors (Lipinski definition) is 1. The Morgan fingerprint density at radius 3 is 2.48 bits per heavy atom. The Bertz CT molecular complexity index is 1140. The fourth-order valence-electron chi connectivity index (χ4n) is 2.78. The van der Waals surface area contributed by atoms with E-state index in [9.17, 15) is 18.0 Å². The van der Waals surface area contributed by atoms with Crippen molar-refractivity contribution in [2.45, 2.75) is 24.5 Å². The molecule has 0 aliphatic heterocycles. The SMILES string of the molecule is CC(OC(=O)c1cccc(S(=O)(=O)NCc2ccco2)c1)C(=O)N(C)c1ccccc1. The molecule has 0 fully saturated rings. The number of ether oxygens (including phenoxy) is 1. The molecular formula is C22H22N2O6S. The minimum atomic E-state index is -3.88. The van der Waals surface area contributed by atoms with Crippen molar-refractivity contribution in [3.8, 4) is 0 Å². The number of hydrogen-bond acceptors (Lipinski definition) is 6. The molecule has 1 heterocycles. The Kier molecular flexibility index (Phi) is 6.88. The van der Waals surface area contributed by atoms with Crippen LogP contribution in [0.25, 0.3) is 0 Å². The fourth-order valence-corrected chi connectivity index (χ4v) is 3.82. The van der Waals surface area contributed by atoms with Crippen LogP contribution in [0.2, 0.25) is 0 Å². The minimum Gasteiger partial charge on any atom is -0.468 e. The maximum absolute atomic E-state index is 12.6. The van der Waals surface area contributed by atoms with Crippen molar-refractivity contribution in [1.82, 2.24) is 4.72 Å². The van der Waals surface area contributed by atoms with Crippen LogP contribution in [0, 0.1) is 0 Å². The van der Waals surface area contributed by atoms with Crippen LogP contribution in [0.3, 0.4) is 0 Å². The maximum atomic E-state index is 12.6. The Hall–Kier alpha value is -3.43. The van der Waals surface area contributed by atoms with Crippen molar-refractivity contribution in [1.29, 1.82) is 0 Å². The van der Waals surface area contributed by atoms with Gasteiger partial charge in [-0.2, -0.15) is 0 Å². The number of carbonyl (C=O) groups excluding carboxylic acids is 2. The van der Waals surface area contributed by atoms with Crippen molar-refractivity contribution < 1.29 is 27.2 Å². The summed E-state index contributed by atoms with van der Waals surface area (Å²) in [5.74, 6) is -0.761. The number of nitrogens with one attached hydrogen (secondary N) is 1. The molecular weight excluding hydrogens is 420 g/mol. The Morgan fingerprint density at radius 2 is 1.81 bits per heavy atom. The number of likely N-dealkylation sites (N-methyl/N-ethyl adjacent to an activating group) is 1. The monoisotopic (exact) mass is 442 g/mol. The molecule has 1 unspecified atom stereocenters. The van der Waals surface area contributed by atoms with E-state index in [0.717, 1.165) is 0 Å². The molecule has 9 heteroatoms. The Labute approximate surface area is 180 Å². The molecule has 0 aliphatic carbocycles. The summed E-state index contributed by atoms with van der Waals surface area (Å²) in [5, 5.41) is 0. The number of furan rings is 1. The van der Waals surface area contributed by atoms with Gasteiger partial charge in [-0.1, -0.05) is 24.3 Å². The first-order valence-electron chi connectivity index (χ1n) is 9.43. The lowest BCUT2D eigenvalue weighted by atomic mass is 10.2. The number of esters is 1. The van der Waals surface area contributed by atoms with Gasteiger partial charge in [-0.05, 0) is 49.4 Å². The van der Waals surface area contributed by atoms with E-state index in [1.807, 2.05) is 6.07 Å². The van der Waals surface area contributed by atoms with E-state index in [1.54, 1.807) is 43.4 Å². The van der Waals surface area contributed by atoms with Crippen LogP contribution in [0.4, 0.5) is 5.69 Å². The van der Waals surface area contributed by atoms with Gasteiger partial charge in [-0.3, -0.25) is 4.79 Å². The second kappa shape index (κ2) is 9.59. The van der Waals surface area contributed by atoms with Gasteiger partial charge >= 0.3 is 5.97 Å². The van der Waals surface area contributed by atoms with Crippen LogP contribution in [0.1, 0.15) is 23.0 Å². The molecule has 1 aromatic heterocycles. The third-order valence-corrected chi connectivity index (χ3v) is 5.90. The summed E-state index contributed by atoms with van der Waals surface area (Å²) in [6.07, 6.45) is 0.382. The molecule has 2 aromatic carbocycles. The van der Waals surface area contributed by atoms with Crippen LogP contribution >= 0.6 is 0 Å². The van der Waals surface area contributed by atoms with Crippen LogP contribution in [0.15, 0.2) is 82.3 Å². The van der Waals surface area contributed by atoms with Crippen LogP contribution in [-0.2, 0) is 26.1 Å². The normalized spacial score (nSPS) is 12.2. The molecule has 0 aliphatic rings. The highest BCUT2D eigenvalue weighted by atomic mass is 32.2. The highest BCUT2D eigenvalue weighted by Crippen LogP contribution is 2.16. The first kappa shape index (κ1) is 22.3. The lowest BCUT2D eigenvalue weighted by Gasteiger charge is -2.21. The van der Waals surface area contributed by atoms with Gasteiger partial charge in [0.25, 0.3) is 5.91 Å². The summed E-state index contributed by atoms with van der Waals surface area (Å²) in [5.41, 5.74) is 0.675. The average molecular weight is 442 g/mol. The second-order valence-corrected chi connectivity index (χ2v) is 8.48. The van der Waals surface area contributed by atoms with E-state index < -0.39 is 28.0 Å². The highest BCUT2D eigenvalue weighted by molar-refractivity contribution is 7.89. The third kappa shape index (κ3) is 5.59. The number of para-hydroxylation sites is 1. The summed E-state index contributed by atoms with van der Waals surface area (Å²) in [7, 11) is -2.30. The van der Waals surface area contributed by atoms with E-state index in [1.165, 1.54) is 42.4 Å². The van der Waals surface area contributed by atoms with Gasteiger partial charge in [0.2, 0.25) is 10.0 Å². The maximum Gasteiger partial charge on any atom is 0.338 e. The zero-order valence-electron chi connectivity index (χ0n) is 17.0. The fraction of sp³-hybridized carbons (Fsp3) is 0.182. The van der Waals surface area contributed by atoms with E-state index in [-0.39, 0.29) is 17.0 Å². The van der Waals surface area contributed by atoms with Gasteiger partial charge in [-0.25, -0.2) is 17.9 Å². The number of amides is 1. The molecule has 3 aromatic rings. The van der Waals surface area contributed by atoms with Gasteiger partial charge in [0.1, 0.15) is 5.76 Å². The minimum absolute atomic E-state index is 0.0166. The van der Waals surface area contributed by atoms with E-state index >= 15 is 0 Å². The summed E-state index contributed by atoms with van der Waals surface area (Å²) in [6.45, 7) is 1.44. The highest BCUT2D eigenvalue weighted by Gasteiger charge is 2.24.